The summed E-state index contributed by atoms with van der Waals surface area (Å²) in [5.74, 6) is 0. The molecule has 5 rings (SSSR count). The van der Waals surface area contributed by atoms with Crippen molar-refractivity contribution >= 4 is 11.0 Å². The van der Waals surface area contributed by atoms with Crippen LogP contribution in [0, 0.1) is 20.8 Å². The monoisotopic (exact) mass is 347 g/mol. The summed E-state index contributed by atoms with van der Waals surface area (Å²) < 4.78 is 4.05. The Morgan fingerprint density at radius 1 is 1.00 bits per heavy atom. The molecule has 0 bridgehead atoms. The lowest BCUT2D eigenvalue weighted by molar-refractivity contribution is 0.313. The summed E-state index contributed by atoms with van der Waals surface area (Å²) in [6, 6.07) is 4.73. The molecule has 7 nitrogen and oxygen atoms in total. The molecule has 5 heterocycles. The molecule has 0 atom stereocenters. The maximum Gasteiger partial charge on any atom is 0.137 e. The predicted molar refractivity (Wildman–Crippen MR) is 101 cm³/mol. The van der Waals surface area contributed by atoms with E-state index in [1.54, 1.807) is 0 Å². The summed E-state index contributed by atoms with van der Waals surface area (Å²) in [7, 11) is 0. The number of aromatic amines is 1. The van der Waals surface area contributed by atoms with Crippen molar-refractivity contribution in [3.63, 3.8) is 0 Å². The van der Waals surface area contributed by atoms with Crippen LogP contribution in [0.3, 0.4) is 0 Å². The Bertz CT molecular complexity index is 1110. The second kappa shape index (κ2) is 5.54. The van der Waals surface area contributed by atoms with E-state index < -0.39 is 0 Å². The third-order valence-electron chi connectivity index (χ3n) is 5.40. The minimum absolute atomic E-state index is 0.462. The number of rotatable bonds is 3. The van der Waals surface area contributed by atoms with Crippen molar-refractivity contribution in [2.75, 3.05) is 13.1 Å². The fraction of sp³-hybridized carbons (Fsp3) is 0.316. The van der Waals surface area contributed by atoms with Crippen molar-refractivity contribution in [2.24, 2.45) is 0 Å². The van der Waals surface area contributed by atoms with Crippen LogP contribution in [0.15, 0.2) is 30.7 Å². The van der Waals surface area contributed by atoms with Crippen LogP contribution in [0.4, 0.5) is 0 Å². The lowest BCUT2D eigenvalue weighted by Crippen LogP contribution is -2.44. The Balaban J connectivity index is 1.56. The second-order valence-corrected chi connectivity index (χ2v) is 7.04. The van der Waals surface area contributed by atoms with Crippen LogP contribution in [-0.4, -0.2) is 42.6 Å². The third-order valence-corrected chi connectivity index (χ3v) is 5.40. The second-order valence-electron chi connectivity index (χ2n) is 7.04. The molecule has 1 aliphatic heterocycles. The molecule has 4 aromatic heterocycles. The fourth-order valence-electron chi connectivity index (χ4n) is 3.52. The first-order valence-electron chi connectivity index (χ1n) is 8.87. The van der Waals surface area contributed by atoms with E-state index in [-0.39, 0.29) is 0 Å². The molecule has 0 radical (unpaired) electrons. The molecule has 2 N–H and O–H groups in total. The minimum Gasteiger partial charge on any atom is -0.339 e. The summed E-state index contributed by atoms with van der Waals surface area (Å²) in [5, 5.41) is 13.4. The number of hydrogen-bond donors (Lipinski definition) is 2. The number of fused-ring (bicyclic) bond motifs is 1. The van der Waals surface area contributed by atoms with E-state index in [1.807, 2.05) is 23.3 Å². The van der Waals surface area contributed by atoms with Crippen LogP contribution in [-0.2, 0) is 0 Å². The van der Waals surface area contributed by atoms with Gasteiger partial charge in [0.05, 0.1) is 36.0 Å². The highest BCUT2D eigenvalue weighted by atomic mass is 15.3. The topological polar surface area (TPSA) is 76.3 Å². The van der Waals surface area contributed by atoms with Gasteiger partial charge < -0.3 is 10.3 Å². The van der Waals surface area contributed by atoms with Crippen LogP contribution in [0.25, 0.3) is 28.0 Å². The van der Waals surface area contributed by atoms with Gasteiger partial charge in [0.15, 0.2) is 0 Å². The molecule has 1 saturated heterocycles. The van der Waals surface area contributed by atoms with E-state index in [0.29, 0.717) is 6.04 Å². The molecule has 0 aliphatic carbocycles. The van der Waals surface area contributed by atoms with Gasteiger partial charge in [0, 0.05) is 35.4 Å². The first kappa shape index (κ1) is 15.3. The molecular formula is C19H21N7. The van der Waals surface area contributed by atoms with Gasteiger partial charge in [-0.3, -0.25) is 4.68 Å². The molecular weight excluding hydrogens is 326 g/mol. The smallest absolute Gasteiger partial charge is 0.137 e. The molecule has 0 aromatic carbocycles. The Morgan fingerprint density at radius 3 is 2.54 bits per heavy atom. The van der Waals surface area contributed by atoms with Crippen molar-refractivity contribution in [3.8, 4) is 16.9 Å². The zero-order chi connectivity index (χ0) is 17.8. The molecule has 1 fully saturated rings. The van der Waals surface area contributed by atoms with Crippen LogP contribution in [0.2, 0.25) is 0 Å². The van der Waals surface area contributed by atoms with Crippen molar-refractivity contribution in [1.29, 1.82) is 0 Å². The first-order valence-corrected chi connectivity index (χ1v) is 8.87. The molecule has 7 heteroatoms. The van der Waals surface area contributed by atoms with Crippen molar-refractivity contribution in [3.05, 3.63) is 47.7 Å². The van der Waals surface area contributed by atoms with Crippen LogP contribution < -0.4 is 5.32 Å². The largest absolute Gasteiger partial charge is 0.339 e. The highest BCUT2D eigenvalue weighted by molar-refractivity contribution is 5.84. The van der Waals surface area contributed by atoms with Gasteiger partial charge in [0.25, 0.3) is 0 Å². The lowest BCUT2D eigenvalue weighted by atomic mass is 10.1. The fourth-order valence-corrected chi connectivity index (χ4v) is 3.52. The van der Waals surface area contributed by atoms with Gasteiger partial charge in [-0.2, -0.15) is 10.2 Å². The molecule has 4 aromatic rings. The Hall–Kier alpha value is -2.93. The van der Waals surface area contributed by atoms with Gasteiger partial charge >= 0.3 is 0 Å². The lowest BCUT2D eigenvalue weighted by Gasteiger charge is -2.28. The van der Waals surface area contributed by atoms with E-state index in [1.165, 1.54) is 11.3 Å². The molecule has 0 amide bonds. The van der Waals surface area contributed by atoms with E-state index in [2.05, 4.69) is 63.1 Å². The van der Waals surface area contributed by atoms with E-state index in [4.69, 9.17) is 0 Å². The third kappa shape index (κ3) is 2.20. The standard InChI is InChI=1S/C19H21N7/c1-11-6-22-25(12(11)2)15-4-14-5-18(24-19(14)21-9-15)17-10-23-26(13(17)3)16-7-20-8-16/h4-6,9-10,16,20H,7-8H2,1-3H3,(H,21,24). The van der Waals surface area contributed by atoms with Gasteiger partial charge in [-0.05, 0) is 38.5 Å². The summed E-state index contributed by atoms with van der Waals surface area (Å²) in [6.45, 7) is 8.24. The quantitative estimate of drug-likeness (QED) is 0.597. The van der Waals surface area contributed by atoms with Gasteiger partial charge in [-0.15, -0.1) is 0 Å². The maximum atomic E-state index is 4.60. The van der Waals surface area contributed by atoms with Gasteiger partial charge in [-0.1, -0.05) is 0 Å². The maximum absolute atomic E-state index is 4.60. The highest BCUT2D eigenvalue weighted by Gasteiger charge is 2.23. The van der Waals surface area contributed by atoms with E-state index in [0.717, 1.165) is 46.8 Å². The van der Waals surface area contributed by atoms with Crippen molar-refractivity contribution in [2.45, 2.75) is 26.8 Å². The SMILES string of the molecule is Cc1cnn(-c2cnc3[nH]c(-c4cnn(C5CNC5)c4C)cc3c2)c1C. The summed E-state index contributed by atoms with van der Waals surface area (Å²) in [4.78, 5) is 8.03. The van der Waals surface area contributed by atoms with Crippen molar-refractivity contribution in [1.82, 2.24) is 34.8 Å². The van der Waals surface area contributed by atoms with Crippen LogP contribution in [0.5, 0.6) is 0 Å². The van der Waals surface area contributed by atoms with Crippen LogP contribution >= 0.6 is 0 Å². The summed E-state index contributed by atoms with van der Waals surface area (Å²) in [6.07, 6.45) is 5.69. The molecule has 0 unspecified atom stereocenters. The number of H-pyrrole nitrogens is 1. The molecule has 1 aliphatic rings. The molecule has 26 heavy (non-hydrogen) atoms. The molecule has 0 saturated carbocycles. The highest BCUT2D eigenvalue weighted by Crippen LogP contribution is 2.28. The van der Waals surface area contributed by atoms with Crippen LogP contribution in [0.1, 0.15) is 23.0 Å². The number of aromatic nitrogens is 6. The number of pyridine rings is 1. The zero-order valence-electron chi connectivity index (χ0n) is 15.1. The average Bonchev–Trinajstić information content (AvgIpc) is 3.25. The van der Waals surface area contributed by atoms with Gasteiger partial charge in [0.2, 0.25) is 0 Å². The summed E-state index contributed by atoms with van der Waals surface area (Å²) in [5.41, 5.74) is 7.52. The minimum atomic E-state index is 0.462. The van der Waals surface area contributed by atoms with Crippen molar-refractivity contribution < 1.29 is 0 Å². The first-order chi connectivity index (χ1) is 12.6. The summed E-state index contributed by atoms with van der Waals surface area (Å²) >= 11 is 0. The number of aryl methyl sites for hydroxylation is 1. The van der Waals surface area contributed by atoms with E-state index in [9.17, 15) is 0 Å². The predicted octanol–water partition coefficient (Wildman–Crippen LogP) is 2.68. The normalized spacial score (nSPS) is 14.9. The molecule has 132 valence electrons. The Kier molecular flexibility index (Phi) is 3.27. The number of hydrogen-bond acceptors (Lipinski definition) is 4. The van der Waals surface area contributed by atoms with Gasteiger partial charge in [0.1, 0.15) is 5.65 Å². The average molecular weight is 347 g/mol. The zero-order valence-corrected chi connectivity index (χ0v) is 15.1. The molecule has 0 spiro atoms. The Morgan fingerprint density at radius 2 is 1.85 bits per heavy atom. The number of nitrogens with zero attached hydrogens (tertiary/aromatic N) is 5. The van der Waals surface area contributed by atoms with E-state index >= 15 is 0 Å². The van der Waals surface area contributed by atoms with Gasteiger partial charge in [-0.25, -0.2) is 9.67 Å². The number of nitrogens with one attached hydrogen (secondary N) is 2. The Labute approximate surface area is 151 Å².